The Balaban J connectivity index is 1.40. The lowest BCUT2D eigenvalue weighted by atomic mass is 9.88. The highest BCUT2D eigenvalue weighted by atomic mass is 35.5. The number of halogens is 2. The molecule has 0 spiro atoms. The summed E-state index contributed by atoms with van der Waals surface area (Å²) in [7, 11) is 0. The van der Waals surface area contributed by atoms with Gasteiger partial charge < -0.3 is 10.2 Å². The molecule has 2 heterocycles. The second-order valence-corrected chi connectivity index (χ2v) is 8.31. The van der Waals surface area contributed by atoms with Crippen molar-refractivity contribution in [3.63, 3.8) is 0 Å². The molecule has 2 aromatic rings. The molecule has 0 saturated carbocycles. The lowest BCUT2D eigenvalue weighted by Crippen LogP contribution is -2.40. The predicted molar refractivity (Wildman–Crippen MR) is 117 cm³/mol. The summed E-state index contributed by atoms with van der Waals surface area (Å²) in [4.78, 5) is 41.0. The van der Waals surface area contributed by atoms with Crippen LogP contribution in [0.1, 0.15) is 33.6 Å². The van der Waals surface area contributed by atoms with Gasteiger partial charge in [0.1, 0.15) is 0 Å². The van der Waals surface area contributed by atoms with Gasteiger partial charge in [-0.1, -0.05) is 29.3 Å². The number of rotatable bonds is 4. The zero-order chi connectivity index (χ0) is 21.3. The molecule has 2 fully saturated rings. The summed E-state index contributed by atoms with van der Waals surface area (Å²) in [6.45, 7) is 2.19. The zero-order valence-corrected chi connectivity index (χ0v) is 17.7. The minimum Gasteiger partial charge on any atom is -0.339 e. The van der Waals surface area contributed by atoms with E-state index in [0.29, 0.717) is 65.9 Å². The van der Waals surface area contributed by atoms with Crippen LogP contribution in [0.5, 0.6) is 0 Å². The minimum atomic E-state index is -0.152. The number of anilines is 1. The van der Waals surface area contributed by atoms with Gasteiger partial charge >= 0.3 is 6.03 Å². The fraction of sp³-hybridized carbons (Fsp3) is 0.318. The van der Waals surface area contributed by atoms with Gasteiger partial charge in [0.2, 0.25) is 0 Å². The number of benzene rings is 2. The topological polar surface area (TPSA) is 69.7 Å². The summed E-state index contributed by atoms with van der Waals surface area (Å²) >= 11 is 12.0. The molecule has 0 radical (unpaired) electrons. The van der Waals surface area contributed by atoms with Crippen molar-refractivity contribution in [2.75, 3.05) is 31.1 Å². The van der Waals surface area contributed by atoms with Gasteiger partial charge in [-0.05, 0) is 49.2 Å². The minimum absolute atomic E-state index is 0.0303. The van der Waals surface area contributed by atoms with Crippen LogP contribution in [0.3, 0.4) is 0 Å². The molecule has 0 aliphatic carbocycles. The van der Waals surface area contributed by atoms with Gasteiger partial charge in [0.25, 0.3) is 5.91 Å². The highest BCUT2D eigenvalue weighted by molar-refractivity contribution is 6.42. The molecule has 2 saturated heterocycles. The van der Waals surface area contributed by atoms with Gasteiger partial charge in [0, 0.05) is 48.9 Å². The maximum Gasteiger partial charge on any atom is 0.321 e. The first kappa shape index (κ1) is 20.7. The molecular weight excluding hydrogens is 425 g/mol. The molecule has 2 aromatic carbocycles. The van der Waals surface area contributed by atoms with Gasteiger partial charge in [-0.15, -0.1) is 0 Å². The summed E-state index contributed by atoms with van der Waals surface area (Å²) in [5, 5.41) is 3.54. The SMILES string of the molecule is O=C(c1ccc(Cl)c(Cl)c1)C1CCN(C(=O)c2cccc(N3CCNC3=O)c2)CC1. The number of ketones is 1. The lowest BCUT2D eigenvalue weighted by Gasteiger charge is -2.31. The quantitative estimate of drug-likeness (QED) is 0.714. The number of urea groups is 1. The van der Waals surface area contributed by atoms with Crippen molar-refractivity contribution in [3.05, 3.63) is 63.6 Å². The molecule has 2 aliphatic heterocycles. The van der Waals surface area contributed by atoms with Crippen LogP contribution in [0.4, 0.5) is 10.5 Å². The predicted octanol–water partition coefficient (Wildman–Crippen LogP) is 4.26. The van der Waals surface area contributed by atoms with Gasteiger partial charge in [-0.25, -0.2) is 4.79 Å². The Morgan fingerprint density at radius 2 is 1.70 bits per heavy atom. The van der Waals surface area contributed by atoms with Gasteiger partial charge in [0.15, 0.2) is 5.78 Å². The molecule has 2 aliphatic rings. The van der Waals surface area contributed by atoms with Gasteiger partial charge in [-0.3, -0.25) is 14.5 Å². The largest absolute Gasteiger partial charge is 0.339 e. The Hall–Kier alpha value is -2.57. The van der Waals surface area contributed by atoms with Crippen molar-refractivity contribution >= 4 is 46.6 Å². The number of nitrogens with zero attached hydrogens (tertiary/aromatic N) is 2. The van der Waals surface area contributed by atoms with E-state index in [1.165, 1.54) is 0 Å². The molecule has 4 rings (SSSR count). The molecule has 0 bridgehead atoms. The number of likely N-dealkylation sites (tertiary alicyclic amines) is 1. The Kier molecular flexibility index (Phi) is 5.97. The molecule has 30 heavy (non-hydrogen) atoms. The Morgan fingerprint density at radius 3 is 2.37 bits per heavy atom. The summed E-state index contributed by atoms with van der Waals surface area (Å²) in [5.41, 5.74) is 1.80. The Morgan fingerprint density at radius 1 is 0.933 bits per heavy atom. The standard InChI is InChI=1S/C22H21Cl2N3O3/c23-18-5-4-15(13-19(18)24)20(28)14-6-9-26(10-7-14)21(29)16-2-1-3-17(12-16)27-11-8-25-22(27)30/h1-5,12-14H,6-11H2,(H,25,30). The number of piperidine rings is 1. The van der Waals surface area contributed by atoms with E-state index in [-0.39, 0.29) is 23.6 Å². The number of hydrogen-bond donors (Lipinski definition) is 1. The third-order valence-corrected chi connectivity index (χ3v) is 6.36. The lowest BCUT2D eigenvalue weighted by molar-refractivity contribution is 0.0650. The van der Waals surface area contributed by atoms with Crippen LogP contribution in [0.15, 0.2) is 42.5 Å². The average molecular weight is 446 g/mol. The smallest absolute Gasteiger partial charge is 0.321 e. The van der Waals surface area contributed by atoms with Crippen molar-refractivity contribution < 1.29 is 14.4 Å². The van der Waals surface area contributed by atoms with Crippen molar-refractivity contribution in [2.24, 2.45) is 5.92 Å². The molecule has 6 nitrogen and oxygen atoms in total. The normalized spacial score (nSPS) is 17.2. The number of nitrogens with one attached hydrogen (secondary N) is 1. The number of amides is 3. The van der Waals surface area contributed by atoms with Crippen LogP contribution >= 0.6 is 23.2 Å². The Labute approximate surface area is 184 Å². The first-order chi connectivity index (χ1) is 14.4. The number of carbonyl (C=O) groups is 3. The maximum absolute atomic E-state index is 13.0. The highest BCUT2D eigenvalue weighted by Gasteiger charge is 2.29. The number of carbonyl (C=O) groups excluding carboxylic acids is 3. The summed E-state index contributed by atoms with van der Waals surface area (Å²) in [6, 6.07) is 11.9. The second-order valence-electron chi connectivity index (χ2n) is 7.49. The highest BCUT2D eigenvalue weighted by Crippen LogP contribution is 2.28. The van der Waals surface area contributed by atoms with E-state index in [9.17, 15) is 14.4 Å². The average Bonchev–Trinajstić information content (AvgIpc) is 3.21. The Bertz CT molecular complexity index is 1000. The molecule has 0 atom stereocenters. The molecule has 3 amide bonds. The summed E-state index contributed by atoms with van der Waals surface area (Å²) < 4.78 is 0. The first-order valence-electron chi connectivity index (χ1n) is 9.88. The van der Waals surface area contributed by atoms with Crippen molar-refractivity contribution in [1.82, 2.24) is 10.2 Å². The molecule has 0 unspecified atom stereocenters. The third kappa shape index (κ3) is 4.16. The van der Waals surface area contributed by atoms with E-state index in [1.54, 1.807) is 46.2 Å². The fourth-order valence-electron chi connectivity index (χ4n) is 3.94. The molecule has 1 N–H and O–H groups in total. The monoisotopic (exact) mass is 445 g/mol. The van der Waals surface area contributed by atoms with Crippen LogP contribution in [-0.4, -0.2) is 48.8 Å². The molecule has 0 aromatic heterocycles. The van der Waals surface area contributed by atoms with E-state index in [0.717, 1.165) is 0 Å². The third-order valence-electron chi connectivity index (χ3n) is 5.62. The summed E-state index contributed by atoms with van der Waals surface area (Å²) in [5.74, 6) is -0.203. The van der Waals surface area contributed by atoms with Crippen LogP contribution in [0.25, 0.3) is 0 Å². The first-order valence-corrected chi connectivity index (χ1v) is 10.6. The molecular formula is C22H21Cl2N3O3. The van der Waals surface area contributed by atoms with Crippen molar-refractivity contribution in [1.29, 1.82) is 0 Å². The zero-order valence-electron chi connectivity index (χ0n) is 16.2. The van der Waals surface area contributed by atoms with E-state index in [1.807, 2.05) is 6.07 Å². The van der Waals surface area contributed by atoms with E-state index in [2.05, 4.69) is 5.32 Å². The second kappa shape index (κ2) is 8.66. The van der Waals surface area contributed by atoms with Crippen LogP contribution in [0.2, 0.25) is 10.0 Å². The number of Topliss-reactive ketones (excluding diaryl/α,β-unsaturated/α-hetero) is 1. The molecule has 156 valence electrons. The van der Waals surface area contributed by atoms with E-state index in [4.69, 9.17) is 23.2 Å². The van der Waals surface area contributed by atoms with Crippen LogP contribution in [-0.2, 0) is 0 Å². The van der Waals surface area contributed by atoms with Crippen molar-refractivity contribution in [2.45, 2.75) is 12.8 Å². The van der Waals surface area contributed by atoms with Crippen LogP contribution in [0, 0.1) is 5.92 Å². The van der Waals surface area contributed by atoms with Gasteiger partial charge in [-0.2, -0.15) is 0 Å². The van der Waals surface area contributed by atoms with Crippen molar-refractivity contribution in [3.8, 4) is 0 Å². The summed E-state index contributed by atoms with van der Waals surface area (Å²) in [6.07, 6.45) is 1.19. The van der Waals surface area contributed by atoms with Crippen LogP contribution < -0.4 is 10.2 Å². The van der Waals surface area contributed by atoms with Gasteiger partial charge in [0.05, 0.1) is 10.0 Å². The molecule has 8 heteroatoms. The van der Waals surface area contributed by atoms with E-state index >= 15 is 0 Å². The maximum atomic E-state index is 13.0. The number of hydrogen-bond acceptors (Lipinski definition) is 3. The fourth-order valence-corrected chi connectivity index (χ4v) is 4.24. The van der Waals surface area contributed by atoms with E-state index < -0.39 is 0 Å².